The van der Waals surface area contributed by atoms with Crippen molar-refractivity contribution in [3.63, 3.8) is 0 Å². The lowest BCUT2D eigenvalue weighted by atomic mass is 10.1. The number of nitrogens with two attached hydrogens (primary N) is 1. The van der Waals surface area contributed by atoms with Crippen molar-refractivity contribution in [3.8, 4) is 11.6 Å². The molecule has 0 atom stereocenters. The maximum atomic E-state index is 13.2. The van der Waals surface area contributed by atoms with Crippen molar-refractivity contribution in [1.82, 2.24) is 15.0 Å². The van der Waals surface area contributed by atoms with Gasteiger partial charge in [0.2, 0.25) is 5.88 Å². The third kappa shape index (κ3) is 3.75. The fraction of sp³-hybridized carbons (Fsp3) is 0.0500. The van der Waals surface area contributed by atoms with Crippen LogP contribution in [0.5, 0.6) is 11.6 Å². The Labute approximate surface area is 163 Å². The number of nitrogen functional groups attached to an aromatic ring is 1. The number of nitrogens with zero attached hydrogens (tertiary/aromatic N) is 3. The van der Waals surface area contributed by atoms with E-state index in [1.54, 1.807) is 24.4 Å². The van der Waals surface area contributed by atoms with E-state index in [2.05, 4.69) is 20.3 Å². The van der Waals surface area contributed by atoms with Crippen LogP contribution in [0.25, 0.3) is 10.9 Å². The van der Waals surface area contributed by atoms with Gasteiger partial charge in [-0.15, -0.1) is 0 Å². The average molecular weight is 397 g/mol. The van der Waals surface area contributed by atoms with Gasteiger partial charge in [0.05, 0.1) is 11.3 Å². The third-order valence-electron chi connectivity index (χ3n) is 4.14. The molecule has 4 aromatic rings. The lowest BCUT2D eigenvalue weighted by Gasteiger charge is -2.16. The summed E-state index contributed by atoms with van der Waals surface area (Å²) in [5.74, 6) is 0.417. The molecule has 0 spiro atoms. The molecule has 0 radical (unpaired) electrons. The highest BCUT2D eigenvalue weighted by atomic mass is 19.4. The SMILES string of the molecule is Nc1c(Nc2ccccc2C(F)(F)F)ncnc1Oc1cccc2cccnc12. The summed E-state index contributed by atoms with van der Waals surface area (Å²) in [4.78, 5) is 12.2. The number of benzene rings is 2. The van der Waals surface area contributed by atoms with Gasteiger partial charge in [-0.1, -0.05) is 30.3 Å². The standard InChI is InChI=1S/C20H14F3N5O/c21-20(22,23)13-7-1-2-8-14(13)28-18-16(24)19(27-11-26-18)29-15-9-3-5-12-6-4-10-25-17(12)15/h1-11H,24H2,(H,26,27,28). The molecule has 146 valence electrons. The van der Waals surface area contributed by atoms with Crippen molar-refractivity contribution < 1.29 is 17.9 Å². The largest absolute Gasteiger partial charge is 0.435 e. The number of hydrogen-bond acceptors (Lipinski definition) is 6. The van der Waals surface area contributed by atoms with Crippen LogP contribution < -0.4 is 15.8 Å². The molecule has 4 rings (SSSR count). The minimum absolute atomic E-state index is 0.0000964. The van der Waals surface area contributed by atoms with E-state index in [-0.39, 0.29) is 23.1 Å². The number of hydrogen-bond donors (Lipinski definition) is 2. The second-order valence-electron chi connectivity index (χ2n) is 6.04. The number of alkyl halides is 3. The van der Waals surface area contributed by atoms with E-state index in [1.807, 2.05) is 12.1 Å². The Morgan fingerprint density at radius 2 is 1.69 bits per heavy atom. The summed E-state index contributed by atoms with van der Waals surface area (Å²) in [6.07, 6.45) is -1.75. The summed E-state index contributed by atoms with van der Waals surface area (Å²) in [5.41, 5.74) is 5.63. The average Bonchev–Trinajstić information content (AvgIpc) is 2.71. The Hall–Kier alpha value is -3.88. The van der Waals surface area contributed by atoms with Gasteiger partial charge >= 0.3 is 6.18 Å². The quantitative estimate of drug-likeness (QED) is 0.495. The smallest absolute Gasteiger partial charge is 0.418 e. The maximum absolute atomic E-state index is 13.2. The molecule has 0 aliphatic carbocycles. The number of pyridine rings is 1. The lowest BCUT2D eigenvalue weighted by molar-refractivity contribution is -0.136. The second kappa shape index (κ2) is 7.27. The predicted octanol–water partition coefficient (Wildman–Crippen LogP) is 5.16. The minimum atomic E-state index is -4.53. The van der Waals surface area contributed by atoms with Gasteiger partial charge < -0.3 is 15.8 Å². The van der Waals surface area contributed by atoms with Crippen molar-refractivity contribution >= 4 is 28.1 Å². The molecule has 6 nitrogen and oxygen atoms in total. The van der Waals surface area contributed by atoms with Crippen LogP contribution >= 0.6 is 0 Å². The summed E-state index contributed by atoms with van der Waals surface area (Å²) in [6, 6.07) is 14.1. The first-order valence-corrected chi connectivity index (χ1v) is 8.49. The van der Waals surface area contributed by atoms with Crippen molar-refractivity contribution in [2.75, 3.05) is 11.1 Å². The highest BCUT2D eigenvalue weighted by Gasteiger charge is 2.33. The number of rotatable bonds is 4. The van der Waals surface area contributed by atoms with E-state index >= 15 is 0 Å². The summed E-state index contributed by atoms with van der Waals surface area (Å²) in [7, 11) is 0. The summed E-state index contributed by atoms with van der Waals surface area (Å²) < 4.78 is 45.5. The van der Waals surface area contributed by atoms with Crippen LogP contribution in [0.4, 0.5) is 30.4 Å². The molecule has 0 bridgehead atoms. The third-order valence-corrected chi connectivity index (χ3v) is 4.14. The van der Waals surface area contributed by atoms with Gasteiger partial charge in [-0.3, -0.25) is 4.98 Å². The van der Waals surface area contributed by atoms with Gasteiger partial charge in [0.25, 0.3) is 0 Å². The lowest BCUT2D eigenvalue weighted by Crippen LogP contribution is -2.10. The normalized spacial score (nSPS) is 11.4. The first kappa shape index (κ1) is 18.5. The van der Waals surface area contributed by atoms with Gasteiger partial charge in [0, 0.05) is 11.6 Å². The second-order valence-corrected chi connectivity index (χ2v) is 6.04. The van der Waals surface area contributed by atoms with Crippen LogP contribution in [0, 0.1) is 0 Å². The first-order valence-electron chi connectivity index (χ1n) is 8.49. The number of ether oxygens (including phenoxy) is 1. The molecule has 29 heavy (non-hydrogen) atoms. The van der Waals surface area contributed by atoms with E-state index in [4.69, 9.17) is 10.5 Å². The van der Waals surface area contributed by atoms with Crippen LogP contribution in [0.15, 0.2) is 67.1 Å². The molecular weight excluding hydrogens is 383 g/mol. The van der Waals surface area contributed by atoms with Crippen LogP contribution in [-0.4, -0.2) is 15.0 Å². The zero-order chi connectivity index (χ0) is 20.4. The fourth-order valence-electron chi connectivity index (χ4n) is 2.79. The molecule has 0 aliphatic heterocycles. The highest BCUT2D eigenvalue weighted by Crippen LogP contribution is 2.38. The molecule has 9 heteroatoms. The highest BCUT2D eigenvalue weighted by molar-refractivity contribution is 5.85. The Kier molecular flexibility index (Phi) is 4.63. The zero-order valence-electron chi connectivity index (χ0n) is 14.8. The van der Waals surface area contributed by atoms with Gasteiger partial charge in [-0.2, -0.15) is 18.2 Å². The Morgan fingerprint density at radius 1 is 0.897 bits per heavy atom. The van der Waals surface area contributed by atoms with Crippen molar-refractivity contribution in [2.45, 2.75) is 6.18 Å². The first-order chi connectivity index (χ1) is 13.9. The Balaban J connectivity index is 1.69. The number of anilines is 3. The number of nitrogens with one attached hydrogen (secondary N) is 1. The monoisotopic (exact) mass is 397 g/mol. The minimum Gasteiger partial charge on any atom is -0.435 e. The molecule has 0 saturated carbocycles. The number of para-hydroxylation sites is 2. The van der Waals surface area contributed by atoms with Crippen molar-refractivity contribution in [1.29, 1.82) is 0 Å². The van der Waals surface area contributed by atoms with Crippen molar-refractivity contribution in [2.24, 2.45) is 0 Å². The van der Waals surface area contributed by atoms with Crippen molar-refractivity contribution in [3.05, 3.63) is 72.7 Å². The predicted molar refractivity (Wildman–Crippen MR) is 103 cm³/mol. The van der Waals surface area contributed by atoms with E-state index in [0.29, 0.717) is 11.3 Å². The molecule has 3 N–H and O–H groups in total. The van der Waals surface area contributed by atoms with Gasteiger partial charge in [0.15, 0.2) is 11.6 Å². The fourth-order valence-corrected chi connectivity index (χ4v) is 2.79. The number of fused-ring (bicyclic) bond motifs is 1. The molecular formula is C20H14F3N5O. The number of halogens is 3. The molecule has 2 aromatic heterocycles. The molecule has 2 aromatic carbocycles. The van der Waals surface area contributed by atoms with Crippen LogP contribution in [0.2, 0.25) is 0 Å². The van der Waals surface area contributed by atoms with Crippen LogP contribution in [-0.2, 0) is 6.18 Å². The van der Waals surface area contributed by atoms with Crippen LogP contribution in [0.1, 0.15) is 5.56 Å². The number of aromatic nitrogens is 3. The van der Waals surface area contributed by atoms with Gasteiger partial charge in [0.1, 0.15) is 17.5 Å². The van der Waals surface area contributed by atoms with E-state index in [1.165, 1.54) is 18.2 Å². The summed E-state index contributed by atoms with van der Waals surface area (Å²) in [6.45, 7) is 0. The Bertz CT molecular complexity index is 1170. The maximum Gasteiger partial charge on any atom is 0.418 e. The molecule has 0 amide bonds. The van der Waals surface area contributed by atoms with E-state index < -0.39 is 11.7 Å². The topological polar surface area (TPSA) is 86.0 Å². The Morgan fingerprint density at radius 3 is 2.52 bits per heavy atom. The molecule has 0 aliphatic rings. The summed E-state index contributed by atoms with van der Waals surface area (Å²) >= 11 is 0. The van der Waals surface area contributed by atoms with E-state index in [9.17, 15) is 13.2 Å². The van der Waals surface area contributed by atoms with E-state index in [0.717, 1.165) is 17.8 Å². The molecule has 0 unspecified atom stereocenters. The molecule has 2 heterocycles. The van der Waals surface area contributed by atoms with Gasteiger partial charge in [-0.25, -0.2) is 4.98 Å². The van der Waals surface area contributed by atoms with Gasteiger partial charge in [-0.05, 0) is 24.3 Å². The molecule has 0 saturated heterocycles. The van der Waals surface area contributed by atoms with Crippen LogP contribution in [0.3, 0.4) is 0 Å². The zero-order valence-corrected chi connectivity index (χ0v) is 14.8. The summed E-state index contributed by atoms with van der Waals surface area (Å²) in [5, 5.41) is 3.48. The molecule has 0 fully saturated rings.